The standard InChI is InChI=1S/C13H21N3O3/c1-5-16(7-8-19-6-2)12-11(13(17)18)9(3)10(4)14-15-12/h5-8H2,1-4H3,(H,17,18). The molecule has 0 aliphatic heterocycles. The number of hydrogen-bond acceptors (Lipinski definition) is 5. The Bertz CT molecular complexity index is 449. The number of aromatic nitrogens is 2. The number of carboxylic acids is 1. The Morgan fingerprint density at radius 2 is 2.00 bits per heavy atom. The smallest absolute Gasteiger partial charge is 0.339 e. The van der Waals surface area contributed by atoms with E-state index in [9.17, 15) is 9.90 Å². The number of carboxylic acid groups (broad SMARTS) is 1. The van der Waals surface area contributed by atoms with Crippen molar-refractivity contribution >= 4 is 11.8 Å². The Morgan fingerprint density at radius 3 is 2.53 bits per heavy atom. The highest BCUT2D eigenvalue weighted by atomic mass is 16.5. The predicted octanol–water partition coefficient (Wildman–Crippen LogP) is 1.65. The summed E-state index contributed by atoms with van der Waals surface area (Å²) >= 11 is 0. The van der Waals surface area contributed by atoms with E-state index in [1.54, 1.807) is 13.8 Å². The van der Waals surface area contributed by atoms with Crippen molar-refractivity contribution < 1.29 is 14.6 Å². The maximum atomic E-state index is 11.4. The summed E-state index contributed by atoms with van der Waals surface area (Å²) in [6.45, 7) is 9.83. The van der Waals surface area contributed by atoms with Crippen LogP contribution in [0.25, 0.3) is 0 Å². The van der Waals surface area contributed by atoms with E-state index in [-0.39, 0.29) is 5.56 Å². The SMILES string of the molecule is CCOCCN(CC)c1nnc(C)c(C)c1C(=O)O. The second kappa shape index (κ2) is 7.04. The van der Waals surface area contributed by atoms with Crippen LogP contribution in [0.3, 0.4) is 0 Å². The second-order valence-electron chi connectivity index (χ2n) is 4.19. The third-order valence-corrected chi connectivity index (χ3v) is 3.04. The minimum Gasteiger partial charge on any atom is -0.478 e. The van der Waals surface area contributed by atoms with Gasteiger partial charge in [0, 0.05) is 19.7 Å². The number of ether oxygens (including phenoxy) is 1. The van der Waals surface area contributed by atoms with E-state index in [1.807, 2.05) is 18.7 Å². The van der Waals surface area contributed by atoms with Gasteiger partial charge in [0.05, 0.1) is 12.3 Å². The van der Waals surface area contributed by atoms with Crippen molar-refractivity contribution in [1.82, 2.24) is 10.2 Å². The normalized spacial score (nSPS) is 10.5. The number of nitrogens with zero attached hydrogens (tertiary/aromatic N) is 3. The van der Waals surface area contributed by atoms with Crippen LogP contribution in [0.5, 0.6) is 0 Å². The Balaban J connectivity index is 3.09. The van der Waals surface area contributed by atoms with Gasteiger partial charge >= 0.3 is 5.97 Å². The number of aryl methyl sites for hydroxylation is 1. The summed E-state index contributed by atoms with van der Waals surface area (Å²) in [6, 6.07) is 0. The molecule has 0 aliphatic carbocycles. The molecule has 0 spiro atoms. The number of aromatic carboxylic acids is 1. The lowest BCUT2D eigenvalue weighted by molar-refractivity contribution is 0.0695. The van der Waals surface area contributed by atoms with Crippen LogP contribution in [0.4, 0.5) is 5.82 Å². The van der Waals surface area contributed by atoms with E-state index >= 15 is 0 Å². The van der Waals surface area contributed by atoms with E-state index in [2.05, 4.69) is 10.2 Å². The van der Waals surface area contributed by atoms with Crippen molar-refractivity contribution in [3.63, 3.8) is 0 Å². The van der Waals surface area contributed by atoms with Crippen molar-refractivity contribution in [2.75, 3.05) is 31.2 Å². The number of likely N-dealkylation sites (N-methyl/N-ethyl adjacent to an activating group) is 1. The molecule has 1 rings (SSSR count). The molecule has 0 fully saturated rings. The number of rotatable bonds is 7. The largest absolute Gasteiger partial charge is 0.478 e. The fraction of sp³-hybridized carbons (Fsp3) is 0.615. The molecule has 0 radical (unpaired) electrons. The van der Waals surface area contributed by atoms with Gasteiger partial charge < -0.3 is 14.7 Å². The molecule has 6 nitrogen and oxygen atoms in total. The van der Waals surface area contributed by atoms with E-state index in [1.165, 1.54) is 0 Å². The highest BCUT2D eigenvalue weighted by Crippen LogP contribution is 2.21. The summed E-state index contributed by atoms with van der Waals surface area (Å²) in [5.74, 6) is -0.557. The van der Waals surface area contributed by atoms with Gasteiger partial charge in [0.25, 0.3) is 0 Å². The van der Waals surface area contributed by atoms with Gasteiger partial charge in [0.2, 0.25) is 0 Å². The lowest BCUT2D eigenvalue weighted by Crippen LogP contribution is -2.30. The van der Waals surface area contributed by atoms with Crippen LogP contribution in [0.2, 0.25) is 0 Å². The van der Waals surface area contributed by atoms with E-state index < -0.39 is 5.97 Å². The first-order valence-corrected chi connectivity index (χ1v) is 6.42. The molecule has 0 saturated carbocycles. The van der Waals surface area contributed by atoms with Crippen LogP contribution in [0.1, 0.15) is 35.5 Å². The summed E-state index contributed by atoms with van der Waals surface area (Å²) in [7, 11) is 0. The van der Waals surface area contributed by atoms with Gasteiger partial charge in [0.1, 0.15) is 5.56 Å². The van der Waals surface area contributed by atoms with E-state index in [4.69, 9.17) is 4.74 Å². The van der Waals surface area contributed by atoms with Crippen LogP contribution < -0.4 is 4.90 Å². The lowest BCUT2D eigenvalue weighted by atomic mass is 10.1. The van der Waals surface area contributed by atoms with Crippen molar-refractivity contribution in [1.29, 1.82) is 0 Å². The Hall–Kier alpha value is -1.69. The summed E-state index contributed by atoms with van der Waals surface area (Å²) in [6.07, 6.45) is 0. The van der Waals surface area contributed by atoms with Crippen molar-refractivity contribution in [3.8, 4) is 0 Å². The summed E-state index contributed by atoms with van der Waals surface area (Å²) in [4.78, 5) is 13.3. The van der Waals surface area contributed by atoms with Crippen molar-refractivity contribution in [3.05, 3.63) is 16.8 Å². The molecule has 1 heterocycles. The first kappa shape index (κ1) is 15.4. The lowest BCUT2D eigenvalue weighted by Gasteiger charge is -2.23. The molecule has 106 valence electrons. The highest BCUT2D eigenvalue weighted by Gasteiger charge is 2.21. The van der Waals surface area contributed by atoms with Crippen LogP contribution >= 0.6 is 0 Å². The fourth-order valence-corrected chi connectivity index (χ4v) is 1.81. The van der Waals surface area contributed by atoms with Crippen molar-refractivity contribution in [2.24, 2.45) is 0 Å². The summed E-state index contributed by atoms with van der Waals surface area (Å²) < 4.78 is 5.30. The van der Waals surface area contributed by atoms with Gasteiger partial charge in [-0.3, -0.25) is 0 Å². The topological polar surface area (TPSA) is 75.5 Å². The molecule has 1 aromatic rings. The van der Waals surface area contributed by atoms with Crippen molar-refractivity contribution in [2.45, 2.75) is 27.7 Å². The zero-order valence-corrected chi connectivity index (χ0v) is 11.9. The highest BCUT2D eigenvalue weighted by molar-refractivity contribution is 5.95. The van der Waals surface area contributed by atoms with E-state index in [0.717, 1.165) is 0 Å². The Kier molecular flexibility index (Phi) is 5.69. The van der Waals surface area contributed by atoms with Gasteiger partial charge in [-0.2, -0.15) is 5.10 Å². The molecule has 0 aliphatic rings. The van der Waals surface area contributed by atoms with Gasteiger partial charge in [-0.1, -0.05) is 0 Å². The van der Waals surface area contributed by atoms with Gasteiger partial charge in [-0.25, -0.2) is 4.79 Å². The second-order valence-corrected chi connectivity index (χ2v) is 4.19. The zero-order valence-electron chi connectivity index (χ0n) is 11.9. The summed E-state index contributed by atoms with van der Waals surface area (Å²) in [5, 5.41) is 17.4. The molecule has 0 unspecified atom stereocenters. The molecule has 0 saturated heterocycles. The molecule has 19 heavy (non-hydrogen) atoms. The quantitative estimate of drug-likeness (QED) is 0.757. The monoisotopic (exact) mass is 267 g/mol. The van der Waals surface area contributed by atoms with Crippen LogP contribution in [-0.4, -0.2) is 47.6 Å². The molecule has 0 atom stereocenters. The van der Waals surface area contributed by atoms with Gasteiger partial charge in [0.15, 0.2) is 5.82 Å². The van der Waals surface area contributed by atoms with Gasteiger partial charge in [-0.05, 0) is 33.3 Å². The molecule has 6 heteroatoms. The fourth-order valence-electron chi connectivity index (χ4n) is 1.81. The average Bonchev–Trinajstić information content (AvgIpc) is 2.38. The maximum Gasteiger partial charge on any atom is 0.339 e. The minimum absolute atomic E-state index is 0.228. The molecular weight excluding hydrogens is 246 g/mol. The molecular formula is C13H21N3O3. The Labute approximate surface area is 113 Å². The van der Waals surface area contributed by atoms with E-state index in [0.29, 0.717) is 43.4 Å². The molecule has 0 bridgehead atoms. The van der Waals surface area contributed by atoms with Crippen LogP contribution in [0.15, 0.2) is 0 Å². The number of carbonyl (C=O) groups is 1. The third kappa shape index (κ3) is 3.64. The number of anilines is 1. The Morgan fingerprint density at radius 1 is 1.32 bits per heavy atom. The first-order valence-electron chi connectivity index (χ1n) is 6.42. The molecule has 0 amide bonds. The first-order chi connectivity index (χ1) is 9.02. The van der Waals surface area contributed by atoms with Gasteiger partial charge in [-0.15, -0.1) is 5.10 Å². The number of hydrogen-bond donors (Lipinski definition) is 1. The third-order valence-electron chi connectivity index (χ3n) is 3.04. The maximum absolute atomic E-state index is 11.4. The zero-order chi connectivity index (χ0) is 14.4. The molecule has 1 N–H and O–H groups in total. The average molecular weight is 267 g/mol. The van der Waals surface area contributed by atoms with Crippen LogP contribution in [-0.2, 0) is 4.74 Å². The molecule has 0 aromatic carbocycles. The minimum atomic E-state index is -0.972. The predicted molar refractivity (Wildman–Crippen MR) is 72.8 cm³/mol. The molecule has 1 aromatic heterocycles. The van der Waals surface area contributed by atoms with Crippen LogP contribution in [0, 0.1) is 13.8 Å². The summed E-state index contributed by atoms with van der Waals surface area (Å²) in [5.41, 5.74) is 1.53.